The Labute approximate surface area is 173 Å². The Morgan fingerprint density at radius 2 is 1.72 bits per heavy atom. The zero-order valence-electron chi connectivity index (χ0n) is 17.3. The molecule has 1 amide bonds. The van der Waals surface area contributed by atoms with Gasteiger partial charge in [-0.25, -0.2) is 8.42 Å². The first-order chi connectivity index (χ1) is 13.8. The summed E-state index contributed by atoms with van der Waals surface area (Å²) in [6.07, 6.45) is 3.52. The smallest absolute Gasteiger partial charge is 0.255 e. The summed E-state index contributed by atoms with van der Waals surface area (Å²) in [5, 5.41) is 2.97. The second-order valence-corrected chi connectivity index (χ2v) is 9.66. The van der Waals surface area contributed by atoms with Gasteiger partial charge in [-0.15, -0.1) is 0 Å². The second-order valence-electron chi connectivity index (χ2n) is 7.66. The van der Waals surface area contributed by atoms with E-state index in [9.17, 15) is 13.2 Å². The maximum Gasteiger partial charge on any atom is 0.255 e. The van der Waals surface area contributed by atoms with Crippen LogP contribution >= 0.6 is 0 Å². The van der Waals surface area contributed by atoms with Crippen molar-refractivity contribution in [2.45, 2.75) is 44.0 Å². The summed E-state index contributed by atoms with van der Waals surface area (Å²) >= 11 is 0. The normalized spacial score (nSPS) is 15.0. The zero-order chi connectivity index (χ0) is 21.0. The summed E-state index contributed by atoms with van der Waals surface area (Å²) < 4.78 is 26.8. The van der Waals surface area contributed by atoms with Crippen LogP contribution in [0.4, 0.5) is 11.4 Å². The molecule has 0 aliphatic carbocycles. The largest absolute Gasteiger partial charge is 0.370 e. The van der Waals surface area contributed by atoms with Crippen LogP contribution < -0.4 is 10.2 Å². The van der Waals surface area contributed by atoms with E-state index in [1.54, 1.807) is 19.2 Å². The molecule has 0 saturated carbocycles. The number of hydrogen-bond donors (Lipinski definition) is 1. The van der Waals surface area contributed by atoms with Crippen molar-refractivity contribution in [3.8, 4) is 0 Å². The molecule has 7 heteroatoms. The van der Waals surface area contributed by atoms with Gasteiger partial charge >= 0.3 is 0 Å². The molecule has 1 saturated heterocycles. The summed E-state index contributed by atoms with van der Waals surface area (Å²) in [6.45, 7) is 5.57. The van der Waals surface area contributed by atoms with E-state index >= 15 is 0 Å². The number of hydrogen-bond acceptors (Lipinski definition) is 4. The lowest BCUT2D eigenvalue weighted by atomic mass is 10.1. The molecular formula is C22H29N3O3S. The average molecular weight is 416 g/mol. The van der Waals surface area contributed by atoms with Gasteiger partial charge in [0.15, 0.2) is 0 Å². The molecule has 29 heavy (non-hydrogen) atoms. The first-order valence-electron chi connectivity index (χ1n) is 10.0. The first-order valence-corrected chi connectivity index (χ1v) is 11.5. The molecule has 6 nitrogen and oxygen atoms in total. The Bertz CT molecular complexity index is 967. The maximum atomic E-state index is 12.9. The van der Waals surface area contributed by atoms with Crippen molar-refractivity contribution in [1.82, 2.24) is 4.31 Å². The van der Waals surface area contributed by atoms with Crippen LogP contribution in [0.3, 0.4) is 0 Å². The molecule has 1 fully saturated rings. The van der Waals surface area contributed by atoms with Crippen LogP contribution in [0.1, 0.15) is 43.5 Å². The van der Waals surface area contributed by atoms with Crippen molar-refractivity contribution >= 4 is 27.3 Å². The molecule has 1 aliphatic heterocycles. The number of anilines is 2. The molecule has 156 valence electrons. The topological polar surface area (TPSA) is 69.7 Å². The summed E-state index contributed by atoms with van der Waals surface area (Å²) in [6, 6.07) is 13.8. The quantitative estimate of drug-likeness (QED) is 0.775. The number of para-hydroxylation sites is 2. The summed E-state index contributed by atoms with van der Waals surface area (Å²) in [5.41, 5.74) is 2.06. The van der Waals surface area contributed by atoms with Gasteiger partial charge in [-0.2, -0.15) is 4.31 Å². The van der Waals surface area contributed by atoms with E-state index in [0.29, 0.717) is 5.56 Å². The molecule has 0 aromatic heterocycles. The Morgan fingerprint density at radius 3 is 2.41 bits per heavy atom. The van der Waals surface area contributed by atoms with Gasteiger partial charge in [-0.05, 0) is 63.4 Å². The highest BCUT2D eigenvalue weighted by atomic mass is 32.2. The predicted octanol–water partition coefficient (Wildman–Crippen LogP) is 3.96. The van der Waals surface area contributed by atoms with Crippen molar-refractivity contribution in [2.75, 3.05) is 30.4 Å². The highest BCUT2D eigenvalue weighted by Crippen LogP contribution is 2.29. The molecule has 2 aromatic carbocycles. The summed E-state index contributed by atoms with van der Waals surface area (Å²) in [7, 11) is -2.10. The van der Waals surface area contributed by atoms with Crippen molar-refractivity contribution in [3.63, 3.8) is 0 Å². The molecule has 0 atom stereocenters. The molecule has 0 spiro atoms. The number of rotatable bonds is 6. The number of carbonyl (C=O) groups excluding carboxylic acids is 1. The standard InChI is InChI=1S/C22H29N3O3S/c1-17(2)24(3)29(27,28)19-11-9-10-18(16-19)22(26)23-20-12-5-6-13-21(20)25-14-7-4-8-15-25/h5-6,9-13,16-17H,4,7-8,14-15H2,1-3H3,(H,23,26). The van der Waals surface area contributed by atoms with Crippen molar-refractivity contribution in [1.29, 1.82) is 0 Å². The number of amides is 1. The van der Waals surface area contributed by atoms with E-state index in [0.717, 1.165) is 37.3 Å². The van der Waals surface area contributed by atoms with Crippen LogP contribution in [0.15, 0.2) is 53.4 Å². The van der Waals surface area contributed by atoms with Crippen LogP contribution in [0, 0.1) is 0 Å². The third-order valence-electron chi connectivity index (χ3n) is 5.35. The molecular weight excluding hydrogens is 386 g/mol. The fraction of sp³-hybridized carbons (Fsp3) is 0.409. The monoisotopic (exact) mass is 415 g/mol. The SMILES string of the molecule is CC(C)N(C)S(=O)(=O)c1cccc(C(=O)Nc2ccccc2N2CCCCC2)c1. The van der Waals surface area contributed by atoms with E-state index in [2.05, 4.69) is 10.2 Å². The Balaban J connectivity index is 1.84. The Morgan fingerprint density at radius 1 is 1.03 bits per heavy atom. The minimum Gasteiger partial charge on any atom is -0.370 e. The molecule has 1 heterocycles. The number of sulfonamides is 1. The van der Waals surface area contributed by atoms with E-state index in [1.165, 1.54) is 22.9 Å². The van der Waals surface area contributed by atoms with Gasteiger partial charge < -0.3 is 10.2 Å². The van der Waals surface area contributed by atoms with Crippen LogP contribution in [0.5, 0.6) is 0 Å². The second kappa shape index (κ2) is 8.97. The molecule has 3 rings (SSSR count). The van der Waals surface area contributed by atoms with E-state index in [-0.39, 0.29) is 16.8 Å². The zero-order valence-corrected chi connectivity index (χ0v) is 18.1. The van der Waals surface area contributed by atoms with E-state index < -0.39 is 10.0 Å². The lowest BCUT2D eigenvalue weighted by Crippen LogP contribution is -2.33. The van der Waals surface area contributed by atoms with Gasteiger partial charge in [0.05, 0.1) is 16.3 Å². The van der Waals surface area contributed by atoms with Crippen molar-refractivity contribution in [3.05, 3.63) is 54.1 Å². The van der Waals surface area contributed by atoms with E-state index in [1.807, 2.05) is 38.1 Å². The molecule has 0 radical (unpaired) electrons. The van der Waals surface area contributed by atoms with Crippen molar-refractivity contribution < 1.29 is 13.2 Å². The van der Waals surface area contributed by atoms with Gasteiger partial charge in [-0.1, -0.05) is 18.2 Å². The predicted molar refractivity (Wildman–Crippen MR) is 117 cm³/mol. The maximum absolute atomic E-state index is 12.9. The van der Waals surface area contributed by atoms with Gasteiger partial charge in [0, 0.05) is 31.7 Å². The number of nitrogens with zero attached hydrogens (tertiary/aromatic N) is 2. The highest BCUT2D eigenvalue weighted by Gasteiger charge is 2.24. The highest BCUT2D eigenvalue weighted by molar-refractivity contribution is 7.89. The van der Waals surface area contributed by atoms with Gasteiger partial charge in [-0.3, -0.25) is 4.79 Å². The van der Waals surface area contributed by atoms with Gasteiger partial charge in [0.1, 0.15) is 0 Å². The minimum atomic E-state index is -3.65. The van der Waals surface area contributed by atoms with Gasteiger partial charge in [0.2, 0.25) is 10.0 Å². The van der Waals surface area contributed by atoms with Crippen LogP contribution in [0.25, 0.3) is 0 Å². The van der Waals surface area contributed by atoms with Crippen molar-refractivity contribution in [2.24, 2.45) is 0 Å². The minimum absolute atomic E-state index is 0.116. The fourth-order valence-corrected chi connectivity index (χ4v) is 4.84. The van der Waals surface area contributed by atoms with E-state index in [4.69, 9.17) is 0 Å². The molecule has 0 unspecified atom stereocenters. The van der Waals surface area contributed by atoms with Crippen LogP contribution in [-0.2, 0) is 10.0 Å². The lowest BCUT2D eigenvalue weighted by Gasteiger charge is -2.30. The first kappa shape index (κ1) is 21.3. The Kier molecular flexibility index (Phi) is 6.59. The fourth-order valence-electron chi connectivity index (χ4n) is 3.43. The lowest BCUT2D eigenvalue weighted by molar-refractivity contribution is 0.102. The number of nitrogens with one attached hydrogen (secondary N) is 1. The average Bonchev–Trinajstić information content (AvgIpc) is 2.74. The summed E-state index contributed by atoms with van der Waals surface area (Å²) in [4.78, 5) is 15.3. The Hall–Kier alpha value is -2.38. The van der Waals surface area contributed by atoms with Gasteiger partial charge in [0.25, 0.3) is 5.91 Å². The molecule has 1 aliphatic rings. The molecule has 2 aromatic rings. The van der Waals surface area contributed by atoms with Crippen LogP contribution in [-0.4, -0.2) is 44.8 Å². The number of benzene rings is 2. The van der Waals surface area contributed by atoms with Crippen LogP contribution in [0.2, 0.25) is 0 Å². The third-order valence-corrected chi connectivity index (χ3v) is 7.38. The number of piperidine rings is 1. The summed E-state index contributed by atoms with van der Waals surface area (Å²) in [5.74, 6) is -0.321. The molecule has 1 N–H and O–H groups in total. The number of carbonyl (C=O) groups is 1. The molecule has 0 bridgehead atoms. The third kappa shape index (κ3) is 4.79.